The number of hydrogen-bond acceptors (Lipinski definition) is 3. The average Bonchev–Trinajstić information content (AvgIpc) is 2.66. The maximum Gasteiger partial charge on any atom is 0.257 e. The highest BCUT2D eigenvalue weighted by Gasteiger charge is 2.11. The van der Waals surface area contributed by atoms with Gasteiger partial charge in [-0.15, -0.1) is 0 Å². The van der Waals surface area contributed by atoms with Crippen LogP contribution in [0, 0.1) is 13.8 Å². The van der Waals surface area contributed by atoms with Crippen LogP contribution in [0.1, 0.15) is 21.5 Å². The highest BCUT2D eigenvalue weighted by molar-refractivity contribution is 7.80. The van der Waals surface area contributed by atoms with Crippen molar-refractivity contribution in [1.29, 1.82) is 0 Å². The molecule has 27 heavy (non-hydrogen) atoms. The number of hydrogen-bond donors (Lipinski definition) is 3. The Morgan fingerprint density at radius 3 is 2.22 bits per heavy atom. The molecule has 5 heteroatoms. The van der Waals surface area contributed by atoms with Gasteiger partial charge in [0.1, 0.15) is 5.75 Å². The Kier molecular flexibility index (Phi) is 5.52. The summed E-state index contributed by atoms with van der Waals surface area (Å²) < 4.78 is 0. The molecule has 0 aromatic heterocycles. The number of carbonyl (C=O) groups is 1. The third-order valence-corrected chi connectivity index (χ3v) is 4.38. The molecule has 0 aliphatic heterocycles. The van der Waals surface area contributed by atoms with Crippen molar-refractivity contribution >= 4 is 28.9 Å². The van der Waals surface area contributed by atoms with E-state index in [4.69, 9.17) is 12.2 Å². The molecule has 0 saturated heterocycles. The van der Waals surface area contributed by atoms with Crippen LogP contribution in [-0.4, -0.2) is 16.1 Å². The summed E-state index contributed by atoms with van der Waals surface area (Å²) in [6, 6.07) is 20.9. The lowest BCUT2D eigenvalue weighted by Gasteiger charge is -2.13. The standard InChI is InChI=1S/C22H20N2O2S/c1-14-12-15(2)20(25)19(13-14)23-22(27)24-21(26)18-10-8-17(9-11-18)16-6-4-3-5-7-16/h3-13,25H,1-2H3,(H2,23,24,26,27). The van der Waals surface area contributed by atoms with Crippen LogP contribution in [0.15, 0.2) is 66.7 Å². The average molecular weight is 376 g/mol. The molecule has 0 aliphatic rings. The van der Waals surface area contributed by atoms with E-state index in [0.717, 1.165) is 22.3 Å². The normalized spacial score (nSPS) is 10.3. The van der Waals surface area contributed by atoms with Crippen LogP contribution in [0.4, 0.5) is 5.69 Å². The Bertz CT molecular complexity index is 983. The van der Waals surface area contributed by atoms with Crippen molar-refractivity contribution in [2.24, 2.45) is 0 Å². The summed E-state index contributed by atoms with van der Waals surface area (Å²) in [6.07, 6.45) is 0. The molecule has 0 heterocycles. The van der Waals surface area contributed by atoms with Gasteiger partial charge in [0.2, 0.25) is 0 Å². The number of thiocarbonyl (C=S) groups is 1. The van der Waals surface area contributed by atoms with E-state index in [1.165, 1.54) is 0 Å². The summed E-state index contributed by atoms with van der Waals surface area (Å²) in [5, 5.41) is 15.8. The van der Waals surface area contributed by atoms with Gasteiger partial charge in [-0.3, -0.25) is 10.1 Å². The minimum absolute atomic E-state index is 0.115. The van der Waals surface area contributed by atoms with Gasteiger partial charge in [-0.25, -0.2) is 0 Å². The van der Waals surface area contributed by atoms with E-state index in [1.54, 1.807) is 18.2 Å². The zero-order chi connectivity index (χ0) is 19.4. The number of phenolic OH excluding ortho intramolecular Hbond substituents is 1. The van der Waals surface area contributed by atoms with Crippen molar-refractivity contribution in [3.63, 3.8) is 0 Å². The maximum atomic E-state index is 12.4. The molecule has 4 nitrogen and oxygen atoms in total. The fourth-order valence-electron chi connectivity index (χ4n) is 2.83. The SMILES string of the molecule is Cc1cc(C)c(O)c(NC(=S)NC(=O)c2ccc(-c3ccccc3)cc2)c1. The molecular formula is C22H20N2O2S. The van der Waals surface area contributed by atoms with Crippen LogP contribution < -0.4 is 10.6 Å². The second kappa shape index (κ2) is 8.01. The summed E-state index contributed by atoms with van der Waals surface area (Å²) in [5.41, 5.74) is 4.82. The van der Waals surface area contributed by atoms with Gasteiger partial charge < -0.3 is 10.4 Å². The summed E-state index contributed by atoms with van der Waals surface area (Å²) in [6.45, 7) is 3.73. The highest BCUT2D eigenvalue weighted by Crippen LogP contribution is 2.28. The van der Waals surface area contributed by atoms with E-state index in [-0.39, 0.29) is 16.8 Å². The Morgan fingerprint density at radius 2 is 1.56 bits per heavy atom. The molecule has 0 aliphatic carbocycles. The van der Waals surface area contributed by atoms with Gasteiger partial charge in [-0.1, -0.05) is 48.5 Å². The van der Waals surface area contributed by atoms with Crippen LogP contribution in [0.3, 0.4) is 0 Å². The van der Waals surface area contributed by atoms with Gasteiger partial charge >= 0.3 is 0 Å². The molecular weight excluding hydrogens is 356 g/mol. The van der Waals surface area contributed by atoms with Gasteiger partial charge in [-0.2, -0.15) is 0 Å². The predicted octanol–water partition coefficient (Wildman–Crippen LogP) is 4.80. The van der Waals surface area contributed by atoms with Crippen molar-refractivity contribution in [3.05, 3.63) is 83.4 Å². The second-order valence-electron chi connectivity index (χ2n) is 6.33. The molecule has 3 N–H and O–H groups in total. The van der Waals surface area contributed by atoms with Crippen molar-refractivity contribution in [3.8, 4) is 16.9 Å². The molecule has 3 aromatic carbocycles. The third kappa shape index (κ3) is 4.51. The van der Waals surface area contributed by atoms with E-state index in [1.807, 2.05) is 62.4 Å². The van der Waals surface area contributed by atoms with E-state index in [0.29, 0.717) is 11.3 Å². The number of anilines is 1. The number of benzene rings is 3. The molecule has 136 valence electrons. The fraction of sp³-hybridized carbons (Fsp3) is 0.0909. The minimum Gasteiger partial charge on any atom is -0.505 e. The molecule has 0 bridgehead atoms. The minimum atomic E-state index is -0.309. The zero-order valence-electron chi connectivity index (χ0n) is 15.1. The maximum absolute atomic E-state index is 12.4. The Morgan fingerprint density at radius 1 is 0.926 bits per heavy atom. The first kappa shape index (κ1) is 18.6. The largest absolute Gasteiger partial charge is 0.505 e. The summed E-state index contributed by atoms with van der Waals surface area (Å²) >= 11 is 5.21. The first-order valence-electron chi connectivity index (χ1n) is 8.52. The number of aryl methyl sites for hydroxylation is 2. The quantitative estimate of drug-likeness (QED) is 0.454. The monoisotopic (exact) mass is 376 g/mol. The van der Waals surface area contributed by atoms with Gasteiger partial charge in [0.15, 0.2) is 5.11 Å². The Hall–Kier alpha value is -3.18. The highest BCUT2D eigenvalue weighted by atomic mass is 32.1. The summed E-state index contributed by atoms with van der Waals surface area (Å²) in [4.78, 5) is 12.4. The molecule has 3 rings (SSSR count). The summed E-state index contributed by atoms with van der Waals surface area (Å²) in [7, 11) is 0. The lowest BCUT2D eigenvalue weighted by Crippen LogP contribution is -2.34. The molecule has 0 spiro atoms. The van der Waals surface area contributed by atoms with Crippen molar-refractivity contribution in [2.45, 2.75) is 13.8 Å². The fourth-order valence-corrected chi connectivity index (χ4v) is 3.03. The number of phenols is 1. The van der Waals surface area contributed by atoms with Crippen molar-refractivity contribution in [1.82, 2.24) is 5.32 Å². The van der Waals surface area contributed by atoms with Gasteiger partial charge in [-0.05, 0) is 66.5 Å². The van der Waals surface area contributed by atoms with Crippen molar-refractivity contribution in [2.75, 3.05) is 5.32 Å². The summed E-state index contributed by atoms with van der Waals surface area (Å²) in [5.74, 6) is -0.194. The Labute approximate surface area is 163 Å². The van der Waals surface area contributed by atoms with E-state index in [2.05, 4.69) is 10.6 Å². The van der Waals surface area contributed by atoms with Gasteiger partial charge in [0.05, 0.1) is 5.69 Å². The molecule has 0 radical (unpaired) electrons. The van der Waals surface area contributed by atoms with Crippen LogP contribution in [0.2, 0.25) is 0 Å². The van der Waals surface area contributed by atoms with Crippen LogP contribution >= 0.6 is 12.2 Å². The van der Waals surface area contributed by atoms with Crippen LogP contribution in [-0.2, 0) is 0 Å². The Balaban J connectivity index is 1.67. The zero-order valence-corrected chi connectivity index (χ0v) is 15.9. The number of aromatic hydroxyl groups is 1. The first-order chi connectivity index (χ1) is 12.9. The molecule has 1 amide bonds. The van der Waals surface area contributed by atoms with Gasteiger partial charge in [0.25, 0.3) is 5.91 Å². The first-order valence-corrected chi connectivity index (χ1v) is 8.93. The van der Waals surface area contributed by atoms with Crippen LogP contribution in [0.5, 0.6) is 5.75 Å². The van der Waals surface area contributed by atoms with Crippen LogP contribution in [0.25, 0.3) is 11.1 Å². The number of amides is 1. The number of nitrogens with one attached hydrogen (secondary N) is 2. The topological polar surface area (TPSA) is 61.4 Å². The number of rotatable bonds is 3. The number of carbonyl (C=O) groups excluding carboxylic acids is 1. The smallest absolute Gasteiger partial charge is 0.257 e. The molecule has 0 saturated carbocycles. The van der Waals surface area contributed by atoms with Gasteiger partial charge in [0, 0.05) is 5.56 Å². The van der Waals surface area contributed by atoms with E-state index >= 15 is 0 Å². The third-order valence-electron chi connectivity index (χ3n) is 4.17. The molecule has 0 atom stereocenters. The lowest BCUT2D eigenvalue weighted by atomic mass is 10.0. The predicted molar refractivity (Wildman–Crippen MR) is 113 cm³/mol. The second-order valence-corrected chi connectivity index (χ2v) is 6.74. The molecule has 0 fully saturated rings. The van der Waals surface area contributed by atoms with Crippen molar-refractivity contribution < 1.29 is 9.90 Å². The van der Waals surface area contributed by atoms with E-state index < -0.39 is 0 Å². The molecule has 0 unspecified atom stereocenters. The van der Waals surface area contributed by atoms with E-state index in [9.17, 15) is 9.90 Å². The lowest BCUT2D eigenvalue weighted by molar-refractivity contribution is 0.0977. The molecule has 3 aromatic rings.